The molecule has 0 bridgehead atoms. The van der Waals surface area contributed by atoms with Crippen LogP contribution in [0.3, 0.4) is 0 Å². The van der Waals surface area contributed by atoms with Crippen LogP contribution in [0.5, 0.6) is 0 Å². The number of anilines is 3. The van der Waals surface area contributed by atoms with Gasteiger partial charge in [0.1, 0.15) is 0 Å². The van der Waals surface area contributed by atoms with Crippen molar-refractivity contribution in [3.05, 3.63) is 92.7 Å². The highest BCUT2D eigenvalue weighted by Gasteiger charge is 2.14. The molecule has 0 aliphatic rings. The number of aromatic nitrogens is 2. The van der Waals surface area contributed by atoms with E-state index < -0.39 is 5.97 Å². The Kier molecular flexibility index (Phi) is 6.84. The molecule has 4 aromatic rings. The summed E-state index contributed by atoms with van der Waals surface area (Å²) in [5, 5.41) is 7.71. The monoisotopic (exact) mass is 476 g/mol. The first kappa shape index (κ1) is 23.3. The molecule has 1 aromatic heterocycles. The maximum Gasteiger partial charge on any atom is 0.339 e. The number of halogens is 1. The molecule has 0 atom stereocenters. The summed E-state index contributed by atoms with van der Waals surface area (Å²) >= 11 is 5.98. The Morgan fingerprint density at radius 2 is 1.85 bits per heavy atom. The molecule has 4 rings (SSSR count). The number of methoxy groups -OCH3 is 1. The van der Waals surface area contributed by atoms with Crippen LogP contribution in [0.25, 0.3) is 10.9 Å². The van der Waals surface area contributed by atoms with Crippen molar-refractivity contribution in [3.63, 3.8) is 0 Å². The van der Waals surface area contributed by atoms with E-state index in [2.05, 4.69) is 10.6 Å². The number of benzene rings is 3. The van der Waals surface area contributed by atoms with Crippen LogP contribution in [0.2, 0.25) is 5.02 Å². The highest BCUT2D eigenvalue weighted by Crippen LogP contribution is 2.23. The van der Waals surface area contributed by atoms with Crippen molar-refractivity contribution in [1.29, 1.82) is 0 Å². The van der Waals surface area contributed by atoms with Crippen molar-refractivity contribution in [2.75, 3.05) is 24.3 Å². The second kappa shape index (κ2) is 9.97. The van der Waals surface area contributed by atoms with Crippen LogP contribution in [0.4, 0.5) is 17.3 Å². The molecule has 8 heteroatoms. The summed E-state index contributed by atoms with van der Waals surface area (Å²) in [7, 11) is 3.06. The van der Waals surface area contributed by atoms with Gasteiger partial charge in [-0.15, -0.1) is 0 Å². The third-order valence-electron chi connectivity index (χ3n) is 5.55. The number of aryl methyl sites for hydroxylation is 1. The van der Waals surface area contributed by atoms with Gasteiger partial charge in [-0.05, 0) is 66.9 Å². The van der Waals surface area contributed by atoms with Crippen LogP contribution in [0.15, 0.2) is 65.5 Å². The highest BCUT2D eigenvalue weighted by molar-refractivity contribution is 6.30. The van der Waals surface area contributed by atoms with Gasteiger partial charge in [-0.2, -0.15) is 0 Å². The van der Waals surface area contributed by atoms with E-state index in [4.69, 9.17) is 21.3 Å². The highest BCUT2D eigenvalue weighted by atomic mass is 35.5. The molecule has 0 spiro atoms. The van der Waals surface area contributed by atoms with Gasteiger partial charge in [0, 0.05) is 30.0 Å². The molecule has 0 aliphatic heterocycles. The predicted octanol–water partition coefficient (Wildman–Crippen LogP) is 5.08. The first-order chi connectivity index (χ1) is 16.4. The fourth-order valence-electron chi connectivity index (χ4n) is 3.83. The fourth-order valence-corrected chi connectivity index (χ4v) is 3.95. The minimum absolute atomic E-state index is 0.129. The lowest BCUT2D eigenvalue weighted by Gasteiger charge is -2.15. The number of para-hydroxylation sites is 1. The molecular formula is C26H25ClN4O3. The number of carbonyl (C=O) groups excluding carboxylic acids is 1. The van der Waals surface area contributed by atoms with E-state index in [1.807, 2.05) is 43.3 Å². The lowest BCUT2D eigenvalue weighted by atomic mass is 10.0. The summed E-state index contributed by atoms with van der Waals surface area (Å²) in [6, 6.07) is 18.3. The second-order valence-corrected chi connectivity index (χ2v) is 8.40. The van der Waals surface area contributed by atoms with Gasteiger partial charge in [0.05, 0.1) is 23.6 Å². The van der Waals surface area contributed by atoms with Crippen LogP contribution < -0.4 is 16.2 Å². The van der Waals surface area contributed by atoms with Gasteiger partial charge >= 0.3 is 5.97 Å². The first-order valence-electron chi connectivity index (χ1n) is 10.8. The van der Waals surface area contributed by atoms with E-state index in [1.54, 1.807) is 31.3 Å². The van der Waals surface area contributed by atoms with E-state index in [-0.39, 0.29) is 5.56 Å². The Hall–Kier alpha value is -3.84. The van der Waals surface area contributed by atoms with Crippen LogP contribution in [0, 0.1) is 6.92 Å². The Bertz CT molecular complexity index is 1410. The number of fused-ring (bicyclic) bond motifs is 1. The summed E-state index contributed by atoms with van der Waals surface area (Å²) in [5.74, 6) is 0.0427. The lowest BCUT2D eigenvalue weighted by Crippen LogP contribution is -2.22. The topological polar surface area (TPSA) is 85.2 Å². The zero-order chi connectivity index (χ0) is 24.2. The molecule has 0 fully saturated rings. The SMILES string of the molecule is COC(=O)c1ccccc1NCCc1cc(C)cc2c(=O)n(C)c(Nc3ccc(Cl)cc3)nc12. The normalized spacial score (nSPS) is 10.8. The molecule has 0 radical (unpaired) electrons. The van der Waals surface area contributed by atoms with E-state index in [1.165, 1.54) is 11.7 Å². The Labute approximate surface area is 202 Å². The van der Waals surface area contributed by atoms with Crippen LogP contribution in [0.1, 0.15) is 21.5 Å². The van der Waals surface area contributed by atoms with Crippen molar-refractivity contribution in [3.8, 4) is 0 Å². The van der Waals surface area contributed by atoms with Crippen LogP contribution >= 0.6 is 11.6 Å². The zero-order valence-corrected chi connectivity index (χ0v) is 19.9. The molecule has 3 aromatic carbocycles. The third kappa shape index (κ3) is 4.89. The van der Waals surface area contributed by atoms with Gasteiger partial charge in [0.15, 0.2) is 0 Å². The quantitative estimate of drug-likeness (QED) is 0.362. The largest absolute Gasteiger partial charge is 0.465 e. The van der Waals surface area contributed by atoms with Crippen LogP contribution in [-0.2, 0) is 18.2 Å². The fraction of sp³-hybridized carbons (Fsp3) is 0.192. The van der Waals surface area contributed by atoms with Crippen molar-refractivity contribution in [2.24, 2.45) is 7.05 Å². The number of hydrogen-bond donors (Lipinski definition) is 2. The van der Waals surface area contributed by atoms with Gasteiger partial charge in [-0.3, -0.25) is 9.36 Å². The molecule has 0 aliphatic carbocycles. The zero-order valence-electron chi connectivity index (χ0n) is 19.2. The molecule has 2 N–H and O–H groups in total. The van der Waals surface area contributed by atoms with Gasteiger partial charge < -0.3 is 15.4 Å². The van der Waals surface area contributed by atoms with E-state index in [0.717, 1.165) is 16.8 Å². The maximum absolute atomic E-state index is 13.1. The van der Waals surface area contributed by atoms with Gasteiger partial charge in [-0.1, -0.05) is 29.8 Å². The molecule has 7 nitrogen and oxygen atoms in total. The van der Waals surface area contributed by atoms with Crippen LogP contribution in [-0.4, -0.2) is 29.2 Å². The summed E-state index contributed by atoms with van der Waals surface area (Å²) in [5.41, 5.74) is 4.38. The maximum atomic E-state index is 13.1. The number of hydrogen-bond acceptors (Lipinski definition) is 6. The molecule has 1 heterocycles. The molecule has 0 saturated carbocycles. The lowest BCUT2D eigenvalue weighted by molar-refractivity contribution is 0.0602. The summed E-state index contributed by atoms with van der Waals surface area (Å²) in [4.78, 5) is 30.0. The Morgan fingerprint density at radius 3 is 2.59 bits per heavy atom. The van der Waals surface area contributed by atoms with E-state index in [9.17, 15) is 9.59 Å². The smallest absolute Gasteiger partial charge is 0.339 e. The molecule has 34 heavy (non-hydrogen) atoms. The molecule has 0 amide bonds. The van der Waals surface area contributed by atoms with Gasteiger partial charge in [0.25, 0.3) is 5.56 Å². The standard InChI is InChI=1S/C26H25ClN4O3/c1-16-14-17(12-13-28-22-7-5-4-6-20(22)25(33)34-3)23-21(15-16)24(32)31(2)26(30-23)29-19-10-8-18(27)9-11-19/h4-11,14-15,28H,12-13H2,1-3H3,(H,29,30). The van der Waals surface area contributed by atoms with Crippen molar-refractivity contribution >= 4 is 45.8 Å². The number of ether oxygens (including phenoxy) is 1. The average molecular weight is 477 g/mol. The van der Waals surface area contributed by atoms with Crippen molar-refractivity contribution in [2.45, 2.75) is 13.3 Å². The summed E-state index contributed by atoms with van der Waals surface area (Å²) < 4.78 is 6.37. The third-order valence-corrected chi connectivity index (χ3v) is 5.80. The summed E-state index contributed by atoms with van der Waals surface area (Å²) in [6.07, 6.45) is 0.605. The molecular weight excluding hydrogens is 452 g/mol. The Balaban J connectivity index is 1.65. The number of carbonyl (C=O) groups is 1. The van der Waals surface area contributed by atoms with E-state index in [0.29, 0.717) is 46.1 Å². The number of nitrogens with one attached hydrogen (secondary N) is 2. The molecule has 0 unspecified atom stereocenters. The molecule has 0 saturated heterocycles. The summed E-state index contributed by atoms with van der Waals surface area (Å²) in [6.45, 7) is 2.51. The number of esters is 1. The molecule has 174 valence electrons. The van der Waals surface area contributed by atoms with Gasteiger partial charge in [-0.25, -0.2) is 9.78 Å². The minimum atomic E-state index is -0.396. The average Bonchev–Trinajstić information content (AvgIpc) is 2.84. The number of nitrogens with zero attached hydrogens (tertiary/aromatic N) is 2. The van der Waals surface area contributed by atoms with Crippen molar-refractivity contribution in [1.82, 2.24) is 9.55 Å². The minimum Gasteiger partial charge on any atom is -0.465 e. The predicted molar refractivity (Wildman–Crippen MR) is 136 cm³/mol. The van der Waals surface area contributed by atoms with E-state index >= 15 is 0 Å². The first-order valence-corrected chi connectivity index (χ1v) is 11.2. The van der Waals surface area contributed by atoms with Crippen molar-refractivity contribution < 1.29 is 9.53 Å². The second-order valence-electron chi connectivity index (χ2n) is 7.97. The Morgan fingerprint density at radius 1 is 1.12 bits per heavy atom. The number of rotatable bonds is 7. The van der Waals surface area contributed by atoms with Gasteiger partial charge in [0.2, 0.25) is 5.95 Å².